The Bertz CT molecular complexity index is 1080. The van der Waals surface area contributed by atoms with Gasteiger partial charge in [-0.15, -0.1) is 0 Å². The summed E-state index contributed by atoms with van der Waals surface area (Å²) in [5.74, 6) is 0.447. The highest BCUT2D eigenvalue weighted by Crippen LogP contribution is 2.48. The van der Waals surface area contributed by atoms with E-state index in [1.807, 2.05) is 30.3 Å². The van der Waals surface area contributed by atoms with Crippen molar-refractivity contribution in [1.29, 1.82) is 5.26 Å². The smallest absolute Gasteiger partial charge is 0.331 e. The number of aromatic nitrogens is 1. The zero-order chi connectivity index (χ0) is 21.0. The first-order valence-corrected chi connectivity index (χ1v) is 10.0. The van der Waals surface area contributed by atoms with Gasteiger partial charge < -0.3 is 9.47 Å². The lowest BCUT2D eigenvalue weighted by molar-refractivity contribution is -0.150. The van der Waals surface area contributed by atoms with E-state index in [2.05, 4.69) is 11.1 Å². The molecular formula is C24H19ClN2O3. The van der Waals surface area contributed by atoms with Crippen LogP contribution in [0.15, 0.2) is 72.8 Å². The van der Waals surface area contributed by atoms with Gasteiger partial charge in [0, 0.05) is 11.1 Å². The Morgan fingerprint density at radius 2 is 1.80 bits per heavy atom. The zero-order valence-electron chi connectivity index (χ0n) is 16.1. The van der Waals surface area contributed by atoms with Crippen LogP contribution in [0, 0.1) is 17.2 Å². The number of rotatable bonds is 7. The van der Waals surface area contributed by atoms with Gasteiger partial charge in [0.25, 0.3) is 0 Å². The highest BCUT2D eigenvalue weighted by atomic mass is 35.5. The van der Waals surface area contributed by atoms with Gasteiger partial charge in [-0.2, -0.15) is 5.26 Å². The van der Waals surface area contributed by atoms with Crippen molar-refractivity contribution in [2.24, 2.45) is 5.92 Å². The lowest BCUT2D eigenvalue weighted by Crippen LogP contribution is -2.38. The normalized spacial score (nSPS) is 14.9. The molecule has 0 amide bonds. The number of para-hydroxylation sites is 1. The second-order valence-corrected chi connectivity index (χ2v) is 7.60. The van der Waals surface area contributed by atoms with Crippen LogP contribution >= 0.6 is 11.6 Å². The molecule has 6 heteroatoms. The van der Waals surface area contributed by atoms with Crippen molar-refractivity contribution in [3.8, 4) is 17.7 Å². The van der Waals surface area contributed by atoms with Crippen molar-refractivity contribution >= 4 is 17.6 Å². The third-order valence-corrected chi connectivity index (χ3v) is 5.34. The third-order valence-electron chi connectivity index (χ3n) is 5.09. The van der Waals surface area contributed by atoms with Gasteiger partial charge in [-0.25, -0.2) is 9.78 Å². The van der Waals surface area contributed by atoms with Crippen molar-refractivity contribution in [2.45, 2.75) is 24.9 Å². The molecule has 0 aliphatic heterocycles. The Labute approximate surface area is 179 Å². The molecule has 3 aromatic rings. The summed E-state index contributed by atoms with van der Waals surface area (Å²) in [6.07, 6.45) is 1.62. The standard InChI is InChI=1S/C24H19ClN2O3/c25-19-13-11-18(12-14-19)24(16-26,17-9-10-17)23(28)29-15-20-5-4-8-22(27-20)30-21-6-2-1-3-7-21/h1-8,11-14,17H,9-10,15H2. The number of carbonyl (C=O) groups is 1. The van der Waals surface area contributed by atoms with Crippen LogP contribution in [0.5, 0.6) is 11.6 Å². The van der Waals surface area contributed by atoms with Crippen LogP contribution in [0.4, 0.5) is 0 Å². The van der Waals surface area contributed by atoms with Gasteiger partial charge in [0.1, 0.15) is 12.4 Å². The maximum atomic E-state index is 13.1. The van der Waals surface area contributed by atoms with Crippen molar-refractivity contribution in [3.63, 3.8) is 0 Å². The van der Waals surface area contributed by atoms with E-state index in [9.17, 15) is 10.1 Å². The van der Waals surface area contributed by atoms with Gasteiger partial charge in [-0.05, 0) is 54.7 Å². The van der Waals surface area contributed by atoms with E-state index < -0.39 is 11.4 Å². The van der Waals surface area contributed by atoms with Crippen LogP contribution in [0.1, 0.15) is 24.1 Å². The molecule has 4 rings (SSSR count). The monoisotopic (exact) mass is 418 g/mol. The average Bonchev–Trinajstić information content (AvgIpc) is 3.61. The maximum Gasteiger partial charge on any atom is 0.331 e. The Balaban J connectivity index is 1.50. The highest BCUT2D eigenvalue weighted by Gasteiger charge is 2.54. The summed E-state index contributed by atoms with van der Waals surface area (Å²) in [6.45, 7) is -0.0471. The summed E-state index contributed by atoms with van der Waals surface area (Å²) in [6, 6.07) is 23.6. The lowest BCUT2D eigenvalue weighted by Gasteiger charge is -2.25. The molecule has 1 atom stereocenters. The number of esters is 1. The van der Waals surface area contributed by atoms with E-state index in [4.69, 9.17) is 21.1 Å². The van der Waals surface area contributed by atoms with Gasteiger partial charge in [0.15, 0.2) is 5.41 Å². The van der Waals surface area contributed by atoms with Crippen LogP contribution in [0.25, 0.3) is 0 Å². The number of hydrogen-bond acceptors (Lipinski definition) is 5. The molecule has 1 saturated carbocycles. The second kappa shape index (κ2) is 8.56. The van der Waals surface area contributed by atoms with Crippen LogP contribution in [-0.4, -0.2) is 11.0 Å². The first-order chi connectivity index (χ1) is 14.6. The minimum absolute atomic E-state index is 0.0471. The lowest BCUT2D eigenvalue weighted by atomic mass is 9.77. The number of hydrogen-bond donors (Lipinski definition) is 0. The van der Waals surface area contributed by atoms with Gasteiger partial charge in [-0.1, -0.05) is 48.0 Å². The average molecular weight is 419 g/mol. The highest BCUT2D eigenvalue weighted by molar-refractivity contribution is 6.30. The number of pyridine rings is 1. The van der Waals surface area contributed by atoms with E-state index >= 15 is 0 Å². The van der Waals surface area contributed by atoms with Crippen LogP contribution in [-0.2, 0) is 21.6 Å². The molecule has 0 bridgehead atoms. The number of benzene rings is 2. The topological polar surface area (TPSA) is 72.2 Å². The number of nitriles is 1. The Morgan fingerprint density at radius 3 is 2.47 bits per heavy atom. The van der Waals surface area contributed by atoms with Crippen molar-refractivity contribution in [3.05, 3.63) is 89.1 Å². The molecule has 1 unspecified atom stereocenters. The van der Waals surface area contributed by atoms with Gasteiger partial charge in [-0.3, -0.25) is 0 Å². The van der Waals surface area contributed by atoms with Crippen molar-refractivity contribution < 1.29 is 14.3 Å². The predicted octanol–water partition coefficient (Wildman–Crippen LogP) is 5.44. The molecule has 0 saturated heterocycles. The van der Waals surface area contributed by atoms with Crippen LogP contribution < -0.4 is 4.74 Å². The molecule has 5 nitrogen and oxygen atoms in total. The molecule has 0 spiro atoms. The van der Waals surface area contributed by atoms with Gasteiger partial charge >= 0.3 is 5.97 Å². The van der Waals surface area contributed by atoms with Crippen molar-refractivity contribution in [2.75, 3.05) is 0 Å². The van der Waals surface area contributed by atoms with Gasteiger partial charge in [0.05, 0.1) is 11.8 Å². The Morgan fingerprint density at radius 1 is 1.07 bits per heavy atom. The predicted molar refractivity (Wildman–Crippen MR) is 112 cm³/mol. The largest absolute Gasteiger partial charge is 0.458 e. The maximum absolute atomic E-state index is 13.1. The summed E-state index contributed by atoms with van der Waals surface area (Å²) in [7, 11) is 0. The summed E-state index contributed by atoms with van der Waals surface area (Å²) in [4.78, 5) is 17.5. The fourth-order valence-electron chi connectivity index (χ4n) is 3.41. The Hall–Kier alpha value is -3.36. The number of ether oxygens (including phenoxy) is 2. The van der Waals surface area contributed by atoms with Crippen LogP contribution in [0.2, 0.25) is 5.02 Å². The molecule has 30 heavy (non-hydrogen) atoms. The molecule has 1 fully saturated rings. The first-order valence-electron chi connectivity index (χ1n) is 9.65. The van der Waals surface area contributed by atoms with E-state index in [1.165, 1.54) is 0 Å². The molecule has 1 heterocycles. The van der Waals surface area contributed by atoms with E-state index in [0.29, 0.717) is 27.9 Å². The molecule has 1 aliphatic rings. The summed E-state index contributed by atoms with van der Waals surface area (Å²) >= 11 is 5.97. The second-order valence-electron chi connectivity index (χ2n) is 7.16. The minimum atomic E-state index is -1.33. The van der Waals surface area contributed by atoms with Crippen LogP contribution in [0.3, 0.4) is 0 Å². The fraction of sp³-hybridized carbons (Fsp3) is 0.208. The minimum Gasteiger partial charge on any atom is -0.458 e. The Kier molecular flexibility index (Phi) is 5.69. The molecule has 1 aliphatic carbocycles. The third kappa shape index (κ3) is 4.14. The summed E-state index contributed by atoms with van der Waals surface area (Å²) < 4.78 is 11.3. The number of halogens is 1. The molecule has 1 aromatic heterocycles. The molecule has 150 valence electrons. The molecule has 2 aromatic carbocycles. The number of carbonyl (C=O) groups excluding carboxylic acids is 1. The molecule has 0 N–H and O–H groups in total. The zero-order valence-corrected chi connectivity index (χ0v) is 16.9. The summed E-state index contributed by atoms with van der Waals surface area (Å²) in [5.41, 5.74) is -0.186. The SMILES string of the molecule is N#CC(C(=O)OCc1cccc(Oc2ccccc2)n1)(c1ccc(Cl)cc1)C1CC1. The first kappa shape index (κ1) is 19.9. The van der Waals surface area contributed by atoms with E-state index in [1.54, 1.807) is 42.5 Å². The summed E-state index contributed by atoms with van der Waals surface area (Å²) in [5, 5.41) is 10.5. The quantitative estimate of drug-likeness (QED) is 0.477. The fourth-order valence-corrected chi connectivity index (χ4v) is 3.53. The van der Waals surface area contributed by atoms with Gasteiger partial charge in [0.2, 0.25) is 5.88 Å². The molecular weight excluding hydrogens is 400 g/mol. The molecule has 0 radical (unpaired) electrons. The van der Waals surface area contributed by atoms with Crippen molar-refractivity contribution in [1.82, 2.24) is 4.98 Å². The van der Waals surface area contributed by atoms with E-state index in [-0.39, 0.29) is 12.5 Å². The van der Waals surface area contributed by atoms with E-state index in [0.717, 1.165) is 12.8 Å². The number of nitrogens with zero attached hydrogens (tertiary/aromatic N) is 2.